The van der Waals surface area contributed by atoms with E-state index in [4.69, 9.17) is 4.74 Å². The van der Waals surface area contributed by atoms with Gasteiger partial charge in [0.15, 0.2) is 0 Å². The van der Waals surface area contributed by atoms with E-state index in [1.165, 1.54) is 12.0 Å². The number of hydrogen-bond acceptors (Lipinski definition) is 2. The first-order valence-electron chi connectivity index (χ1n) is 3.56. The molecule has 2 atom stereocenters. The predicted octanol–water partition coefficient (Wildman–Crippen LogP) is 1.33. The first kappa shape index (κ1) is 4.72. The molecule has 2 unspecified atom stereocenters. The van der Waals surface area contributed by atoms with Gasteiger partial charge in [-0.3, -0.25) is 4.98 Å². The lowest BCUT2D eigenvalue weighted by molar-refractivity contribution is 0.318. The summed E-state index contributed by atoms with van der Waals surface area (Å²) in [6.45, 7) is 0. The molecule has 0 radical (unpaired) electrons. The standard InChI is InChI=1S/C8H7NO/c1-2-9-4-6-5-3-8(5)10-7(1)6/h1-2,4-5,8H,3H2. The summed E-state index contributed by atoms with van der Waals surface area (Å²) in [5.74, 6) is 1.74. The van der Waals surface area contributed by atoms with E-state index >= 15 is 0 Å². The van der Waals surface area contributed by atoms with Crippen LogP contribution in [-0.2, 0) is 0 Å². The normalized spacial score (nSPS) is 32.4. The van der Waals surface area contributed by atoms with Gasteiger partial charge in [-0.05, 0) is 12.5 Å². The van der Waals surface area contributed by atoms with Crippen LogP contribution in [0.2, 0.25) is 0 Å². The maximum absolute atomic E-state index is 5.54. The lowest BCUT2D eigenvalue weighted by atomic mass is 10.2. The molecule has 2 heteroatoms. The summed E-state index contributed by atoms with van der Waals surface area (Å²) in [4.78, 5) is 4.05. The Morgan fingerprint density at radius 3 is 3.50 bits per heavy atom. The van der Waals surface area contributed by atoms with Gasteiger partial charge in [0.05, 0.1) is 0 Å². The monoisotopic (exact) mass is 133 g/mol. The minimum Gasteiger partial charge on any atom is -0.489 e. The molecular weight excluding hydrogens is 126 g/mol. The minimum absolute atomic E-state index is 0.499. The summed E-state index contributed by atoms with van der Waals surface area (Å²) in [6.07, 6.45) is 5.41. The Labute approximate surface area is 58.8 Å². The molecule has 0 aromatic carbocycles. The second kappa shape index (κ2) is 1.34. The van der Waals surface area contributed by atoms with Crippen molar-refractivity contribution in [3.8, 4) is 5.75 Å². The van der Waals surface area contributed by atoms with E-state index in [0.29, 0.717) is 12.0 Å². The fourth-order valence-corrected chi connectivity index (χ4v) is 1.57. The van der Waals surface area contributed by atoms with Crippen molar-refractivity contribution in [3.05, 3.63) is 24.0 Å². The Bertz CT molecular complexity index is 284. The van der Waals surface area contributed by atoms with E-state index in [0.717, 1.165) is 5.75 Å². The molecule has 1 aliphatic heterocycles. The van der Waals surface area contributed by atoms with Gasteiger partial charge < -0.3 is 4.74 Å². The van der Waals surface area contributed by atoms with Crippen molar-refractivity contribution in [3.63, 3.8) is 0 Å². The highest BCUT2D eigenvalue weighted by Crippen LogP contribution is 2.52. The molecule has 2 nitrogen and oxygen atoms in total. The van der Waals surface area contributed by atoms with Gasteiger partial charge in [0.1, 0.15) is 11.9 Å². The number of rotatable bonds is 0. The Morgan fingerprint density at radius 2 is 2.60 bits per heavy atom. The van der Waals surface area contributed by atoms with Crippen LogP contribution < -0.4 is 4.74 Å². The molecule has 1 saturated carbocycles. The molecular formula is C8H7NO. The topological polar surface area (TPSA) is 22.1 Å². The van der Waals surface area contributed by atoms with Crippen LogP contribution in [-0.4, -0.2) is 11.1 Å². The van der Waals surface area contributed by atoms with E-state index in [1.807, 2.05) is 12.3 Å². The molecule has 1 aromatic heterocycles. The SMILES string of the molecule is c1cc2c(cn1)C1CC1O2. The molecule has 3 rings (SSSR count). The summed E-state index contributed by atoms with van der Waals surface area (Å²) in [6, 6.07) is 1.95. The maximum Gasteiger partial charge on any atom is 0.126 e. The summed E-state index contributed by atoms with van der Waals surface area (Å²) >= 11 is 0. The van der Waals surface area contributed by atoms with Crippen molar-refractivity contribution in [2.45, 2.75) is 18.4 Å². The van der Waals surface area contributed by atoms with Crippen molar-refractivity contribution in [2.24, 2.45) is 0 Å². The smallest absolute Gasteiger partial charge is 0.126 e. The van der Waals surface area contributed by atoms with Gasteiger partial charge in [-0.1, -0.05) is 0 Å². The fourth-order valence-electron chi connectivity index (χ4n) is 1.57. The van der Waals surface area contributed by atoms with Gasteiger partial charge in [0.2, 0.25) is 0 Å². The second-order valence-electron chi connectivity index (χ2n) is 2.91. The zero-order valence-corrected chi connectivity index (χ0v) is 5.45. The van der Waals surface area contributed by atoms with Crippen molar-refractivity contribution >= 4 is 0 Å². The number of nitrogens with zero attached hydrogens (tertiary/aromatic N) is 1. The van der Waals surface area contributed by atoms with Crippen LogP contribution in [0.4, 0.5) is 0 Å². The van der Waals surface area contributed by atoms with Crippen molar-refractivity contribution < 1.29 is 4.74 Å². The summed E-state index contributed by atoms with van der Waals surface area (Å²) < 4.78 is 5.54. The first-order valence-corrected chi connectivity index (χ1v) is 3.56. The average molecular weight is 133 g/mol. The summed E-state index contributed by atoms with van der Waals surface area (Å²) in [5, 5.41) is 0. The molecule has 1 aliphatic carbocycles. The minimum atomic E-state index is 0.499. The summed E-state index contributed by atoms with van der Waals surface area (Å²) in [7, 11) is 0. The van der Waals surface area contributed by atoms with Crippen LogP contribution in [0.1, 0.15) is 17.9 Å². The molecule has 0 amide bonds. The van der Waals surface area contributed by atoms with E-state index in [9.17, 15) is 0 Å². The van der Waals surface area contributed by atoms with Gasteiger partial charge in [-0.25, -0.2) is 0 Å². The van der Waals surface area contributed by atoms with Crippen molar-refractivity contribution in [1.29, 1.82) is 0 Å². The van der Waals surface area contributed by atoms with E-state index < -0.39 is 0 Å². The number of fused-ring (bicyclic) bond motifs is 3. The molecule has 2 heterocycles. The van der Waals surface area contributed by atoms with Crippen LogP contribution in [0.3, 0.4) is 0 Å². The van der Waals surface area contributed by atoms with E-state index in [2.05, 4.69) is 4.98 Å². The maximum atomic E-state index is 5.54. The Hall–Kier alpha value is -1.05. The van der Waals surface area contributed by atoms with Crippen molar-refractivity contribution in [1.82, 2.24) is 4.98 Å². The third-order valence-corrected chi connectivity index (χ3v) is 2.22. The Kier molecular flexibility index (Phi) is 0.631. The van der Waals surface area contributed by atoms with Gasteiger partial charge in [0, 0.05) is 23.9 Å². The quantitative estimate of drug-likeness (QED) is 0.532. The largest absolute Gasteiger partial charge is 0.489 e. The fraction of sp³-hybridized carbons (Fsp3) is 0.375. The van der Waals surface area contributed by atoms with Gasteiger partial charge >= 0.3 is 0 Å². The molecule has 10 heavy (non-hydrogen) atoms. The zero-order valence-electron chi connectivity index (χ0n) is 5.45. The first-order chi connectivity index (χ1) is 4.95. The van der Waals surface area contributed by atoms with Crippen molar-refractivity contribution in [2.75, 3.05) is 0 Å². The van der Waals surface area contributed by atoms with Crippen LogP contribution >= 0.6 is 0 Å². The molecule has 1 fully saturated rings. The number of ether oxygens (including phenoxy) is 1. The van der Waals surface area contributed by atoms with E-state index in [1.54, 1.807) is 6.20 Å². The highest BCUT2D eigenvalue weighted by Gasteiger charge is 2.47. The van der Waals surface area contributed by atoms with Crippen LogP contribution in [0.5, 0.6) is 5.75 Å². The highest BCUT2D eigenvalue weighted by atomic mass is 16.5. The molecule has 0 bridgehead atoms. The van der Waals surface area contributed by atoms with Crippen LogP contribution in [0.15, 0.2) is 18.5 Å². The Morgan fingerprint density at radius 1 is 1.60 bits per heavy atom. The highest BCUT2D eigenvalue weighted by molar-refractivity contribution is 5.43. The van der Waals surface area contributed by atoms with Crippen LogP contribution in [0, 0.1) is 0 Å². The van der Waals surface area contributed by atoms with Gasteiger partial charge in [0.25, 0.3) is 0 Å². The Balaban J connectivity index is 2.22. The molecule has 0 spiro atoms. The molecule has 2 aliphatic rings. The molecule has 0 N–H and O–H groups in total. The summed E-state index contributed by atoms with van der Waals surface area (Å²) in [5.41, 5.74) is 1.31. The predicted molar refractivity (Wildman–Crippen MR) is 36.0 cm³/mol. The van der Waals surface area contributed by atoms with E-state index in [-0.39, 0.29) is 0 Å². The molecule has 1 aromatic rings. The second-order valence-corrected chi connectivity index (χ2v) is 2.91. The van der Waals surface area contributed by atoms with Gasteiger partial charge in [-0.15, -0.1) is 0 Å². The number of aromatic nitrogens is 1. The number of pyridine rings is 1. The van der Waals surface area contributed by atoms with Gasteiger partial charge in [-0.2, -0.15) is 0 Å². The number of hydrogen-bond donors (Lipinski definition) is 0. The average Bonchev–Trinajstić information content (AvgIpc) is 2.64. The zero-order chi connectivity index (χ0) is 6.55. The van der Waals surface area contributed by atoms with Crippen LogP contribution in [0.25, 0.3) is 0 Å². The molecule has 0 saturated heterocycles. The lowest BCUT2D eigenvalue weighted by Gasteiger charge is -1.99. The third-order valence-electron chi connectivity index (χ3n) is 2.22. The third kappa shape index (κ3) is 0.429. The molecule has 50 valence electrons. The lowest BCUT2D eigenvalue weighted by Crippen LogP contribution is -1.90.